The lowest BCUT2D eigenvalue weighted by Crippen LogP contribution is -2.39. The van der Waals surface area contributed by atoms with Crippen LogP contribution in [0.3, 0.4) is 0 Å². The zero-order valence-corrected chi connectivity index (χ0v) is 14.3. The molecule has 22 heavy (non-hydrogen) atoms. The van der Waals surface area contributed by atoms with Gasteiger partial charge in [0.1, 0.15) is 0 Å². The Morgan fingerprint density at radius 3 is 2.05 bits per heavy atom. The van der Waals surface area contributed by atoms with Crippen LogP contribution in [0.2, 0.25) is 0 Å². The quantitative estimate of drug-likeness (QED) is 0.288. The van der Waals surface area contributed by atoms with Gasteiger partial charge in [-0.15, -0.1) is 0 Å². The molecular weight excluding hydrogens is 280 g/mol. The molecular formula is C18H32O4. The second kappa shape index (κ2) is 11.3. The predicted molar refractivity (Wildman–Crippen MR) is 88.9 cm³/mol. The highest BCUT2D eigenvalue weighted by Gasteiger charge is 2.45. The fraction of sp³-hybridized carbons (Fsp3) is 0.778. The molecule has 0 bridgehead atoms. The van der Waals surface area contributed by atoms with Crippen LogP contribution in [-0.4, -0.2) is 22.2 Å². The fourth-order valence-corrected chi connectivity index (χ4v) is 2.74. The Kier molecular flexibility index (Phi) is 10.6. The van der Waals surface area contributed by atoms with Gasteiger partial charge in [-0.2, -0.15) is 0 Å². The molecule has 0 aromatic rings. The third-order valence-electron chi connectivity index (χ3n) is 4.34. The van der Waals surface area contributed by atoms with Gasteiger partial charge in [-0.1, -0.05) is 52.2 Å². The minimum absolute atomic E-state index is 0.201. The molecule has 4 heteroatoms. The summed E-state index contributed by atoms with van der Waals surface area (Å²) >= 11 is 0. The van der Waals surface area contributed by atoms with Crippen molar-refractivity contribution >= 4 is 11.9 Å². The number of carboxylic acids is 2. The molecule has 4 nitrogen and oxygen atoms in total. The van der Waals surface area contributed by atoms with Gasteiger partial charge in [0, 0.05) is 0 Å². The van der Waals surface area contributed by atoms with Crippen molar-refractivity contribution in [2.45, 2.75) is 78.6 Å². The van der Waals surface area contributed by atoms with E-state index in [0.717, 1.165) is 32.1 Å². The van der Waals surface area contributed by atoms with Crippen molar-refractivity contribution < 1.29 is 19.8 Å². The van der Waals surface area contributed by atoms with E-state index < -0.39 is 17.4 Å². The summed E-state index contributed by atoms with van der Waals surface area (Å²) in [5.74, 6) is -1.82. The summed E-state index contributed by atoms with van der Waals surface area (Å²) in [4.78, 5) is 22.9. The SMILES string of the molecule is CCCCC(CCCC=CC(CC)CCC)(C(=O)O)C(=O)O. The molecule has 0 rings (SSSR count). The van der Waals surface area contributed by atoms with Gasteiger partial charge in [0.15, 0.2) is 5.41 Å². The van der Waals surface area contributed by atoms with Crippen molar-refractivity contribution in [3.8, 4) is 0 Å². The Balaban J connectivity index is 4.55. The van der Waals surface area contributed by atoms with Crippen LogP contribution in [0.25, 0.3) is 0 Å². The van der Waals surface area contributed by atoms with Crippen molar-refractivity contribution in [2.75, 3.05) is 0 Å². The lowest BCUT2D eigenvalue weighted by molar-refractivity contribution is -0.166. The Morgan fingerprint density at radius 1 is 1.00 bits per heavy atom. The van der Waals surface area contributed by atoms with Crippen LogP contribution in [0, 0.1) is 11.3 Å². The molecule has 0 aliphatic carbocycles. The van der Waals surface area contributed by atoms with Gasteiger partial charge in [-0.3, -0.25) is 9.59 Å². The summed E-state index contributed by atoms with van der Waals surface area (Å²) in [6.07, 6.45) is 10.9. The summed E-state index contributed by atoms with van der Waals surface area (Å²) in [5.41, 5.74) is -1.61. The molecule has 0 aliphatic heterocycles. The third kappa shape index (κ3) is 6.63. The monoisotopic (exact) mass is 312 g/mol. The van der Waals surface area contributed by atoms with Crippen LogP contribution >= 0.6 is 0 Å². The molecule has 0 aliphatic rings. The number of aliphatic carboxylic acids is 2. The van der Waals surface area contributed by atoms with Gasteiger partial charge in [0.05, 0.1) is 0 Å². The van der Waals surface area contributed by atoms with Gasteiger partial charge >= 0.3 is 11.9 Å². The van der Waals surface area contributed by atoms with Crippen LogP contribution in [0.1, 0.15) is 78.6 Å². The number of allylic oxidation sites excluding steroid dienone is 2. The van der Waals surface area contributed by atoms with E-state index >= 15 is 0 Å². The van der Waals surface area contributed by atoms with Crippen LogP contribution in [-0.2, 0) is 9.59 Å². The average molecular weight is 312 g/mol. The molecule has 2 N–H and O–H groups in total. The van der Waals surface area contributed by atoms with Crippen molar-refractivity contribution in [2.24, 2.45) is 11.3 Å². The Bertz CT molecular complexity index is 346. The molecule has 0 spiro atoms. The van der Waals surface area contributed by atoms with Gasteiger partial charge in [-0.25, -0.2) is 0 Å². The van der Waals surface area contributed by atoms with E-state index in [2.05, 4.69) is 26.0 Å². The van der Waals surface area contributed by atoms with Gasteiger partial charge < -0.3 is 10.2 Å². The molecule has 0 radical (unpaired) electrons. The molecule has 0 fully saturated rings. The lowest BCUT2D eigenvalue weighted by atomic mass is 9.78. The summed E-state index contributed by atoms with van der Waals surface area (Å²) < 4.78 is 0. The van der Waals surface area contributed by atoms with E-state index in [4.69, 9.17) is 0 Å². The number of unbranched alkanes of at least 4 members (excludes halogenated alkanes) is 2. The fourth-order valence-electron chi connectivity index (χ4n) is 2.74. The van der Waals surface area contributed by atoms with Crippen molar-refractivity contribution in [3.63, 3.8) is 0 Å². The molecule has 0 saturated heterocycles. The van der Waals surface area contributed by atoms with Crippen LogP contribution in [0.15, 0.2) is 12.2 Å². The molecule has 0 heterocycles. The Morgan fingerprint density at radius 2 is 1.59 bits per heavy atom. The van der Waals surface area contributed by atoms with Crippen molar-refractivity contribution in [1.29, 1.82) is 0 Å². The maximum absolute atomic E-state index is 11.5. The molecule has 1 atom stereocenters. The number of hydrogen-bond acceptors (Lipinski definition) is 2. The van der Waals surface area contributed by atoms with Crippen LogP contribution in [0.4, 0.5) is 0 Å². The number of hydrogen-bond donors (Lipinski definition) is 2. The first-order chi connectivity index (χ1) is 10.4. The van der Waals surface area contributed by atoms with E-state index in [0.29, 0.717) is 18.8 Å². The van der Waals surface area contributed by atoms with E-state index in [1.165, 1.54) is 0 Å². The summed E-state index contributed by atoms with van der Waals surface area (Å²) in [6.45, 7) is 6.27. The second-order valence-corrected chi connectivity index (χ2v) is 6.07. The van der Waals surface area contributed by atoms with E-state index in [1.807, 2.05) is 6.92 Å². The molecule has 0 aromatic heterocycles. The molecule has 0 saturated carbocycles. The standard InChI is InChI=1S/C18H32O4/c1-4-7-13-18(16(19)20,17(21)22)14-10-8-9-12-15(6-3)11-5-2/h9,12,15H,4-8,10-11,13-14H2,1-3H3,(H,19,20)(H,21,22). The molecule has 1 unspecified atom stereocenters. The van der Waals surface area contributed by atoms with Gasteiger partial charge in [-0.05, 0) is 44.4 Å². The minimum atomic E-state index is -1.61. The maximum atomic E-state index is 11.5. The topological polar surface area (TPSA) is 74.6 Å². The van der Waals surface area contributed by atoms with Gasteiger partial charge in [0.25, 0.3) is 0 Å². The first-order valence-electron chi connectivity index (χ1n) is 8.58. The first-order valence-corrected chi connectivity index (χ1v) is 8.58. The van der Waals surface area contributed by atoms with E-state index in [9.17, 15) is 19.8 Å². The first kappa shape index (κ1) is 20.7. The van der Waals surface area contributed by atoms with E-state index in [1.54, 1.807) is 0 Å². The normalized spacial score (nSPS) is 13.4. The highest BCUT2D eigenvalue weighted by molar-refractivity contribution is 5.98. The zero-order chi connectivity index (χ0) is 17.0. The Hall–Kier alpha value is -1.32. The minimum Gasteiger partial charge on any atom is -0.480 e. The second-order valence-electron chi connectivity index (χ2n) is 6.07. The summed E-state index contributed by atoms with van der Waals surface area (Å²) in [5, 5.41) is 18.7. The number of carboxylic acid groups (broad SMARTS) is 2. The highest BCUT2D eigenvalue weighted by atomic mass is 16.4. The third-order valence-corrected chi connectivity index (χ3v) is 4.34. The largest absolute Gasteiger partial charge is 0.480 e. The molecule has 0 amide bonds. The summed E-state index contributed by atoms with van der Waals surface area (Å²) in [7, 11) is 0. The number of rotatable bonds is 13. The smallest absolute Gasteiger partial charge is 0.321 e. The average Bonchev–Trinajstić information content (AvgIpc) is 2.48. The van der Waals surface area contributed by atoms with Crippen LogP contribution in [0.5, 0.6) is 0 Å². The van der Waals surface area contributed by atoms with Gasteiger partial charge in [0.2, 0.25) is 0 Å². The molecule has 0 aromatic carbocycles. The predicted octanol–water partition coefficient (Wildman–Crippen LogP) is 4.89. The van der Waals surface area contributed by atoms with E-state index in [-0.39, 0.29) is 12.8 Å². The van der Waals surface area contributed by atoms with Crippen LogP contribution < -0.4 is 0 Å². The summed E-state index contributed by atoms with van der Waals surface area (Å²) in [6, 6.07) is 0. The zero-order valence-electron chi connectivity index (χ0n) is 14.3. The molecule has 128 valence electrons. The number of carbonyl (C=O) groups is 2. The van der Waals surface area contributed by atoms with Crippen molar-refractivity contribution in [1.82, 2.24) is 0 Å². The highest BCUT2D eigenvalue weighted by Crippen LogP contribution is 2.32. The van der Waals surface area contributed by atoms with Crippen molar-refractivity contribution in [3.05, 3.63) is 12.2 Å². The maximum Gasteiger partial charge on any atom is 0.321 e. The lowest BCUT2D eigenvalue weighted by Gasteiger charge is -2.24. The Labute approximate surface area is 134 Å².